The largest absolute Gasteiger partial charge is 0.390 e. The van der Waals surface area contributed by atoms with Crippen LogP contribution in [-0.4, -0.2) is 33.1 Å². The van der Waals surface area contributed by atoms with Crippen LogP contribution in [0, 0.1) is 0 Å². The Kier molecular flexibility index (Phi) is 10.6. The summed E-state index contributed by atoms with van der Waals surface area (Å²) in [6.45, 7) is 5.66. The smallest absolute Gasteiger partial charge is 0.0800 e. The Bertz CT molecular complexity index is 199. The molecule has 3 nitrogen and oxygen atoms in total. The van der Waals surface area contributed by atoms with Crippen LogP contribution in [-0.2, 0) is 0 Å². The molecule has 0 fully saturated rings. The number of aliphatic hydroxyl groups excluding tert-OH is 2. The van der Waals surface area contributed by atoms with Gasteiger partial charge >= 0.3 is 0 Å². The van der Waals surface area contributed by atoms with E-state index in [-0.39, 0.29) is 0 Å². The maximum Gasteiger partial charge on any atom is 0.0800 e. The molecule has 0 aliphatic carbocycles. The van der Waals surface area contributed by atoms with Gasteiger partial charge in [-0.05, 0) is 33.1 Å². The van der Waals surface area contributed by atoms with Gasteiger partial charge in [0.1, 0.15) is 0 Å². The molecule has 0 aliphatic heterocycles. The molecular weight excluding hydrogens is 240 g/mol. The van der Waals surface area contributed by atoms with Crippen molar-refractivity contribution in [1.29, 1.82) is 0 Å². The number of rotatable bonds is 12. The summed E-state index contributed by atoms with van der Waals surface area (Å²) in [7, 11) is 0. The molecule has 116 valence electrons. The zero-order chi connectivity index (χ0) is 14.7. The molecule has 0 aliphatic rings. The average Bonchev–Trinajstić information content (AvgIpc) is 2.33. The van der Waals surface area contributed by atoms with E-state index in [4.69, 9.17) is 0 Å². The Morgan fingerprint density at radius 3 is 1.79 bits per heavy atom. The lowest BCUT2D eigenvalue weighted by atomic mass is 9.96. The standard InChI is InChI=1S/C16H34O3/c1-4-5-6-7-8-9-10-11-14(17)15(18)12-13-16(2,3)19/h14-15,17-19H,4-13H2,1-3H3. The van der Waals surface area contributed by atoms with Crippen LogP contribution in [0.4, 0.5) is 0 Å². The highest BCUT2D eigenvalue weighted by Crippen LogP contribution is 2.17. The fraction of sp³-hybridized carbons (Fsp3) is 1.00. The van der Waals surface area contributed by atoms with Crippen molar-refractivity contribution in [2.75, 3.05) is 0 Å². The highest BCUT2D eigenvalue weighted by Gasteiger charge is 2.20. The van der Waals surface area contributed by atoms with E-state index < -0.39 is 17.8 Å². The van der Waals surface area contributed by atoms with E-state index in [1.807, 2.05) is 0 Å². The minimum atomic E-state index is -0.764. The summed E-state index contributed by atoms with van der Waals surface area (Å²) >= 11 is 0. The van der Waals surface area contributed by atoms with Gasteiger partial charge in [-0.25, -0.2) is 0 Å². The SMILES string of the molecule is CCCCCCCCCC(O)C(O)CCC(C)(C)O. The van der Waals surface area contributed by atoms with Gasteiger partial charge in [0.15, 0.2) is 0 Å². The summed E-state index contributed by atoms with van der Waals surface area (Å²) in [5.74, 6) is 0. The van der Waals surface area contributed by atoms with Crippen molar-refractivity contribution in [1.82, 2.24) is 0 Å². The van der Waals surface area contributed by atoms with E-state index in [0.717, 1.165) is 12.8 Å². The molecule has 0 heterocycles. The lowest BCUT2D eigenvalue weighted by Crippen LogP contribution is -2.29. The predicted octanol–water partition coefficient (Wildman–Crippen LogP) is 3.40. The van der Waals surface area contributed by atoms with Crippen LogP contribution < -0.4 is 0 Å². The van der Waals surface area contributed by atoms with E-state index in [1.54, 1.807) is 13.8 Å². The summed E-state index contributed by atoms with van der Waals surface area (Å²) in [4.78, 5) is 0. The number of aliphatic hydroxyl groups is 3. The van der Waals surface area contributed by atoms with E-state index in [2.05, 4.69) is 6.92 Å². The normalized spacial score (nSPS) is 15.5. The van der Waals surface area contributed by atoms with Crippen LogP contribution in [0.1, 0.15) is 85.0 Å². The molecule has 0 saturated heterocycles. The highest BCUT2D eigenvalue weighted by atomic mass is 16.3. The fourth-order valence-electron chi connectivity index (χ4n) is 2.20. The Labute approximate surface area is 119 Å². The van der Waals surface area contributed by atoms with Crippen molar-refractivity contribution in [3.05, 3.63) is 0 Å². The van der Waals surface area contributed by atoms with Crippen LogP contribution in [0.5, 0.6) is 0 Å². The molecule has 0 aromatic carbocycles. The molecule has 0 rings (SSSR count). The van der Waals surface area contributed by atoms with Gasteiger partial charge in [0.05, 0.1) is 17.8 Å². The van der Waals surface area contributed by atoms with Crippen molar-refractivity contribution in [2.45, 2.75) is 103 Å². The molecule has 0 amide bonds. The van der Waals surface area contributed by atoms with Crippen molar-refractivity contribution >= 4 is 0 Å². The Balaban J connectivity index is 3.49. The molecule has 3 heteroatoms. The van der Waals surface area contributed by atoms with Crippen molar-refractivity contribution in [3.63, 3.8) is 0 Å². The first-order valence-corrected chi connectivity index (χ1v) is 7.95. The predicted molar refractivity (Wildman–Crippen MR) is 80.2 cm³/mol. The van der Waals surface area contributed by atoms with Crippen LogP contribution in [0.15, 0.2) is 0 Å². The highest BCUT2D eigenvalue weighted by molar-refractivity contribution is 4.73. The Morgan fingerprint density at radius 1 is 0.789 bits per heavy atom. The monoisotopic (exact) mass is 274 g/mol. The summed E-state index contributed by atoms with van der Waals surface area (Å²) in [6.07, 6.45) is 8.83. The van der Waals surface area contributed by atoms with Crippen LogP contribution in [0.25, 0.3) is 0 Å². The molecule has 0 bridgehead atoms. The third-order valence-corrected chi connectivity index (χ3v) is 3.60. The summed E-state index contributed by atoms with van der Waals surface area (Å²) in [5.41, 5.74) is -0.764. The molecule has 0 aromatic rings. The number of hydrogen-bond acceptors (Lipinski definition) is 3. The Hall–Kier alpha value is -0.120. The number of unbranched alkanes of at least 4 members (excludes halogenated alkanes) is 6. The third-order valence-electron chi connectivity index (χ3n) is 3.60. The van der Waals surface area contributed by atoms with Gasteiger partial charge in [-0.3, -0.25) is 0 Å². The first-order chi connectivity index (χ1) is 8.87. The molecule has 19 heavy (non-hydrogen) atoms. The first-order valence-electron chi connectivity index (χ1n) is 7.95. The van der Waals surface area contributed by atoms with Gasteiger partial charge in [0, 0.05) is 0 Å². The summed E-state index contributed by atoms with van der Waals surface area (Å²) in [5, 5.41) is 29.2. The molecule has 2 unspecified atom stereocenters. The van der Waals surface area contributed by atoms with E-state index in [9.17, 15) is 15.3 Å². The lowest BCUT2D eigenvalue weighted by molar-refractivity contribution is -0.0116. The average molecular weight is 274 g/mol. The van der Waals surface area contributed by atoms with Crippen LogP contribution in [0.2, 0.25) is 0 Å². The minimum absolute atomic E-state index is 0.459. The van der Waals surface area contributed by atoms with E-state index in [1.165, 1.54) is 32.1 Å². The number of hydrogen-bond donors (Lipinski definition) is 3. The van der Waals surface area contributed by atoms with Gasteiger partial charge in [-0.15, -0.1) is 0 Å². The molecular formula is C16H34O3. The molecule has 2 atom stereocenters. The molecule has 0 aromatic heterocycles. The molecule has 3 N–H and O–H groups in total. The second-order valence-corrected chi connectivity index (χ2v) is 6.40. The first kappa shape index (κ1) is 18.9. The summed E-state index contributed by atoms with van der Waals surface area (Å²) in [6, 6.07) is 0. The maximum absolute atomic E-state index is 9.82. The Morgan fingerprint density at radius 2 is 1.26 bits per heavy atom. The lowest BCUT2D eigenvalue weighted by Gasteiger charge is -2.22. The van der Waals surface area contributed by atoms with Crippen LogP contribution in [0.3, 0.4) is 0 Å². The topological polar surface area (TPSA) is 60.7 Å². The van der Waals surface area contributed by atoms with E-state index >= 15 is 0 Å². The minimum Gasteiger partial charge on any atom is -0.390 e. The third kappa shape index (κ3) is 12.6. The second-order valence-electron chi connectivity index (χ2n) is 6.40. The maximum atomic E-state index is 9.82. The molecule has 0 saturated carbocycles. The second kappa shape index (κ2) is 10.6. The van der Waals surface area contributed by atoms with Crippen molar-refractivity contribution < 1.29 is 15.3 Å². The zero-order valence-corrected chi connectivity index (χ0v) is 13.1. The van der Waals surface area contributed by atoms with Crippen molar-refractivity contribution in [2.24, 2.45) is 0 Å². The van der Waals surface area contributed by atoms with Gasteiger partial charge in [0.25, 0.3) is 0 Å². The van der Waals surface area contributed by atoms with E-state index in [0.29, 0.717) is 19.3 Å². The van der Waals surface area contributed by atoms with Gasteiger partial charge in [-0.1, -0.05) is 51.9 Å². The van der Waals surface area contributed by atoms with Gasteiger partial charge < -0.3 is 15.3 Å². The molecule has 0 radical (unpaired) electrons. The van der Waals surface area contributed by atoms with Crippen LogP contribution >= 0.6 is 0 Å². The fourth-order valence-corrected chi connectivity index (χ4v) is 2.20. The zero-order valence-electron chi connectivity index (χ0n) is 13.1. The van der Waals surface area contributed by atoms with Gasteiger partial charge in [0.2, 0.25) is 0 Å². The summed E-state index contributed by atoms with van der Waals surface area (Å²) < 4.78 is 0. The quantitative estimate of drug-likeness (QED) is 0.478. The molecule has 0 spiro atoms. The van der Waals surface area contributed by atoms with Gasteiger partial charge in [-0.2, -0.15) is 0 Å². The van der Waals surface area contributed by atoms with Crippen molar-refractivity contribution in [3.8, 4) is 0 Å².